The van der Waals surface area contributed by atoms with Gasteiger partial charge in [0, 0.05) is 32.7 Å². The van der Waals surface area contributed by atoms with E-state index in [1.807, 2.05) is 0 Å². The quantitative estimate of drug-likeness (QED) is 0.803. The Labute approximate surface area is 111 Å². The first-order chi connectivity index (χ1) is 8.91. The maximum atomic E-state index is 13.0. The van der Waals surface area contributed by atoms with Crippen molar-refractivity contribution in [2.75, 3.05) is 27.2 Å². The molecule has 0 spiro atoms. The van der Waals surface area contributed by atoms with Gasteiger partial charge in [-0.2, -0.15) is 0 Å². The number of hydrogen-bond donors (Lipinski definition) is 2. The van der Waals surface area contributed by atoms with Crippen molar-refractivity contribution in [3.8, 4) is 0 Å². The van der Waals surface area contributed by atoms with Crippen LogP contribution in [-0.4, -0.2) is 44.0 Å². The van der Waals surface area contributed by atoms with Crippen molar-refractivity contribution >= 4 is 11.9 Å². The molecular weight excluding hydrogens is 249 g/mol. The highest BCUT2D eigenvalue weighted by Crippen LogP contribution is 2.08. The Kier molecular flexibility index (Phi) is 5.29. The molecule has 0 saturated heterocycles. The Morgan fingerprint density at radius 2 is 1.84 bits per heavy atom. The first kappa shape index (κ1) is 14.9. The summed E-state index contributed by atoms with van der Waals surface area (Å²) in [5, 5.41) is 5.27. The van der Waals surface area contributed by atoms with E-state index in [2.05, 4.69) is 10.6 Å². The molecule has 0 aliphatic heterocycles. The van der Waals surface area contributed by atoms with E-state index in [-0.39, 0.29) is 17.8 Å². The minimum absolute atomic E-state index is 0.216. The summed E-state index contributed by atoms with van der Waals surface area (Å²) in [5.74, 6) is -0.628. The molecule has 0 aromatic heterocycles. The third-order valence-electron chi connectivity index (χ3n) is 2.51. The first-order valence-electron chi connectivity index (χ1n) is 5.91. The van der Waals surface area contributed by atoms with Crippen LogP contribution in [0.3, 0.4) is 0 Å². The third kappa shape index (κ3) is 4.57. The second-order valence-electron chi connectivity index (χ2n) is 4.35. The topological polar surface area (TPSA) is 61.4 Å². The van der Waals surface area contributed by atoms with Gasteiger partial charge in [0.1, 0.15) is 5.82 Å². The summed E-state index contributed by atoms with van der Waals surface area (Å²) in [7, 11) is 3.27. The van der Waals surface area contributed by atoms with Crippen molar-refractivity contribution in [1.82, 2.24) is 15.5 Å². The molecule has 0 aliphatic rings. The molecule has 19 heavy (non-hydrogen) atoms. The summed E-state index contributed by atoms with van der Waals surface area (Å²) in [4.78, 5) is 24.3. The maximum absolute atomic E-state index is 13.0. The van der Waals surface area contributed by atoms with Crippen LogP contribution >= 0.6 is 0 Å². The molecule has 0 bridgehead atoms. The number of amides is 3. The van der Waals surface area contributed by atoms with Gasteiger partial charge in [-0.25, -0.2) is 9.18 Å². The summed E-state index contributed by atoms with van der Waals surface area (Å²) in [5.41, 5.74) is 0.825. The predicted molar refractivity (Wildman–Crippen MR) is 70.6 cm³/mol. The van der Waals surface area contributed by atoms with E-state index in [4.69, 9.17) is 0 Å². The number of nitrogens with one attached hydrogen (secondary N) is 2. The number of halogens is 1. The van der Waals surface area contributed by atoms with Crippen LogP contribution in [-0.2, 0) is 0 Å². The SMILES string of the molecule is Cc1cc(C(=O)NCCNC(=O)N(C)C)ccc1F. The summed E-state index contributed by atoms with van der Waals surface area (Å²) < 4.78 is 13.0. The number of aryl methyl sites for hydroxylation is 1. The van der Waals surface area contributed by atoms with Gasteiger partial charge in [-0.1, -0.05) is 0 Å². The maximum Gasteiger partial charge on any atom is 0.316 e. The average Bonchev–Trinajstić information content (AvgIpc) is 2.37. The van der Waals surface area contributed by atoms with E-state index in [9.17, 15) is 14.0 Å². The molecule has 0 radical (unpaired) electrons. The molecule has 3 amide bonds. The van der Waals surface area contributed by atoms with Crippen LogP contribution in [0.4, 0.5) is 9.18 Å². The zero-order chi connectivity index (χ0) is 14.4. The van der Waals surface area contributed by atoms with Gasteiger partial charge in [0.2, 0.25) is 0 Å². The van der Waals surface area contributed by atoms with Crippen LogP contribution in [0.15, 0.2) is 18.2 Å². The van der Waals surface area contributed by atoms with Crippen LogP contribution < -0.4 is 10.6 Å². The molecule has 0 saturated carbocycles. The Hall–Kier alpha value is -2.11. The van der Waals surface area contributed by atoms with Crippen molar-refractivity contribution in [3.63, 3.8) is 0 Å². The molecule has 0 aliphatic carbocycles. The van der Waals surface area contributed by atoms with Crippen molar-refractivity contribution in [3.05, 3.63) is 35.1 Å². The second kappa shape index (κ2) is 6.72. The Morgan fingerprint density at radius 3 is 2.42 bits per heavy atom. The van der Waals surface area contributed by atoms with Gasteiger partial charge < -0.3 is 15.5 Å². The molecule has 6 heteroatoms. The molecule has 1 rings (SSSR count). The number of rotatable bonds is 4. The normalized spacial score (nSPS) is 9.89. The molecule has 2 N–H and O–H groups in total. The fraction of sp³-hybridized carbons (Fsp3) is 0.385. The molecular formula is C13H18FN3O2. The third-order valence-corrected chi connectivity index (χ3v) is 2.51. The minimum atomic E-state index is -0.338. The fourth-order valence-electron chi connectivity index (χ4n) is 1.39. The molecule has 0 fully saturated rings. The standard InChI is InChI=1S/C13H18FN3O2/c1-9-8-10(4-5-11(9)14)12(18)15-6-7-16-13(19)17(2)3/h4-5,8H,6-7H2,1-3H3,(H,15,18)(H,16,19). The largest absolute Gasteiger partial charge is 0.350 e. The first-order valence-corrected chi connectivity index (χ1v) is 5.91. The lowest BCUT2D eigenvalue weighted by Crippen LogP contribution is -2.39. The number of nitrogens with zero attached hydrogens (tertiary/aromatic N) is 1. The molecule has 0 atom stereocenters. The van der Waals surface area contributed by atoms with Crippen molar-refractivity contribution in [2.45, 2.75) is 6.92 Å². The van der Waals surface area contributed by atoms with Gasteiger partial charge in [-0.15, -0.1) is 0 Å². The number of hydrogen-bond acceptors (Lipinski definition) is 2. The lowest BCUT2D eigenvalue weighted by molar-refractivity contribution is 0.0953. The monoisotopic (exact) mass is 267 g/mol. The second-order valence-corrected chi connectivity index (χ2v) is 4.35. The van der Waals surface area contributed by atoms with E-state index in [0.29, 0.717) is 24.2 Å². The van der Waals surface area contributed by atoms with Crippen LogP contribution in [0.1, 0.15) is 15.9 Å². The van der Waals surface area contributed by atoms with Gasteiger partial charge in [-0.3, -0.25) is 4.79 Å². The fourth-order valence-corrected chi connectivity index (χ4v) is 1.39. The molecule has 1 aromatic carbocycles. The number of carbonyl (C=O) groups excluding carboxylic acids is 2. The van der Waals surface area contributed by atoms with Gasteiger partial charge in [-0.05, 0) is 30.7 Å². The van der Waals surface area contributed by atoms with Gasteiger partial charge >= 0.3 is 6.03 Å². The van der Waals surface area contributed by atoms with Crippen LogP contribution in [0.5, 0.6) is 0 Å². The highest BCUT2D eigenvalue weighted by molar-refractivity contribution is 5.94. The Morgan fingerprint density at radius 1 is 1.21 bits per heavy atom. The van der Waals surface area contributed by atoms with Gasteiger partial charge in [0.05, 0.1) is 0 Å². The summed E-state index contributed by atoms with van der Waals surface area (Å²) >= 11 is 0. The van der Waals surface area contributed by atoms with Crippen LogP contribution in [0.2, 0.25) is 0 Å². The van der Waals surface area contributed by atoms with E-state index in [1.54, 1.807) is 21.0 Å². The lowest BCUT2D eigenvalue weighted by Gasteiger charge is -2.12. The van der Waals surface area contributed by atoms with E-state index >= 15 is 0 Å². The Balaban J connectivity index is 2.39. The van der Waals surface area contributed by atoms with Gasteiger partial charge in [0.15, 0.2) is 0 Å². The Bertz CT molecular complexity index is 475. The smallest absolute Gasteiger partial charge is 0.316 e. The van der Waals surface area contributed by atoms with Crippen molar-refractivity contribution < 1.29 is 14.0 Å². The van der Waals surface area contributed by atoms with Gasteiger partial charge in [0.25, 0.3) is 5.91 Å². The van der Waals surface area contributed by atoms with Crippen LogP contribution in [0, 0.1) is 12.7 Å². The predicted octanol–water partition coefficient (Wildman–Crippen LogP) is 1.14. The molecule has 5 nitrogen and oxygen atoms in total. The minimum Gasteiger partial charge on any atom is -0.350 e. The lowest BCUT2D eigenvalue weighted by atomic mass is 10.1. The summed E-state index contributed by atoms with van der Waals surface area (Å²) in [6, 6.07) is 3.96. The van der Waals surface area contributed by atoms with Crippen molar-refractivity contribution in [2.24, 2.45) is 0 Å². The number of carbonyl (C=O) groups is 2. The van der Waals surface area contributed by atoms with Crippen LogP contribution in [0.25, 0.3) is 0 Å². The molecule has 0 heterocycles. The number of benzene rings is 1. The highest BCUT2D eigenvalue weighted by Gasteiger charge is 2.07. The highest BCUT2D eigenvalue weighted by atomic mass is 19.1. The summed E-state index contributed by atoms with van der Waals surface area (Å²) in [6.07, 6.45) is 0. The van der Waals surface area contributed by atoms with E-state index in [1.165, 1.54) is 23.1 Å². The average molecular weight is 267 g/mol. The molecule has 1 aromatic rings. The zero-order valence-electron chi connectivity index (χ0n) is 11.3. The van der Waals surface area contributed by atoms with E-state index in [0.717, 1.165) is 0 Å². The zero-order valence-corrected chi connectivity index (χ0v) is 11.3. The summed E-state index contributed by atoms with van der Waals surface area (Å²) in [6.45, 7) is 2.25. The molecule has 104 valence electrons. The van der Waals surface area contributed by atoms with Crippen molar-refractivity contribution in [1.29, 1.82) is 0 Å². The number of urea groups is 1. The molecule has 0 unspecified atom stereocenters. The van der Waals surface area contributed by atoms with E-state index < -0.39 is 0 Å².